The summed E-state index contributed by atoms with van der Waals surface area (Å²) in [5.41, 5.74) is -0.580. The average molecular weight is 236 g/mol. The van der Waals surface area contributed by atoms with Gasteiger partial charge in [0.15, 0.2) is 5.76 Å². The molecule has 0 heterocycles. The van der Waals surface area contributed by atoms with E-state index in [0.29, 0.717) is 0 Å². The number of aliphatic hydroxyl groups is 1. The molecule has 2 N–H and O–H groups in total. The smallest absolute Gasteiger partial charge is 0.380 e. The Morgan fingerprint density at radius 2 is 1.59 bits per heavy atom. The van der Waals surface area contributed by atoms with Crippen molar-refractivity contribution in [1.82, 2.24) is 0 Å². The molecule has 6 nitrogen and oxygen atoms in total. The number of carboxylic acids is 1. The predicted molar refractivity (Wildman–Crippen MR) is 55.6 cm³/mol. The second-order valence-electron chi connectivity index (χ2n) is 2.97. The Balaban J connectivity index is 3.01. The molecule has 0 saturated heterocycles. The van der Waals surface area contributed by atoms with Gasteiger partial charge in [-0.2, -0.15) is 0 Å². The van der Waals surface area contributed by atoms with Crippen LogP contribution in [0.15, 0.2) is 36.6 Å². The topological polar surface area (TPSA) is 101 Å². The molecule has 88 valence electrons. The van der Waals surface area contributed by atoms with Gasteiger partial charge in [-0.1, -0.05) is 12.1 Å². The Hall–Kier alpha value is -2.63. The van der Waals surface area contributed by atoms with Gasteiger partial charge in [0.2, 0.25) is 0 Å². The summed E-state index contributed by atoms with van der Waals surface area (Å²) in [5.74, 6) is -4.75. The molecule has 0 unspecified atom stereocenters. The number of carbonyl (C=O) groups excluding carboxylic acids is 2. The normalized spacial score (nSPS) is 9.41. The molecule has 0 bridgehead atoms. The van der Waals surface area contributed by atoms with Crippen LogP contribution in [0, 0.1) is 0 Å². The minimum absolute atomic E-state index is 0.283. The van der Waals surface area contributed by atoms with Crippen LogP contribution < -0.4 is 0 Å². The van der Waals surface area contributed by atoms with Gasteiger partial charge in [0.25, 0.3) is 0 Å². The van der Waals surface area contributed by atoms with E-state index in [1.165, 1.54) is 24.3 Å². The first-order valence-corrected chi connectivity index (χ1v) is 4.40. The Kier molecular flexibility index (Phi) is 3.61. The van der Waals surface area contributed by atoms with Crippen LogP contribution in [0.1, 0.15) is 20.7 Å². The molecule has 0 fully saturated rings. The highest BCUT2D eigenvalue weighted by molar-refractivity contribution is 6.06. The van der Waals surface area contributed by atoms with E-state index in [9.17, 15) is 14.4 Å². The van der Waals surface area contributed by atoms with E-state index < -0.39 is 23.7 Å². The van der Waals surface area contributed by atoms with Gasteiger partial charge >= 0.3 is 17.9 Å². The Bertz CT molecular complexity index is 502. The lowest BCUT2D eigenvalue weighted by Gasteiger charge is -2.04. The molecule has 0 radical (unpaired) electrons. The standard InChI is InChI=1S/C11H8O6/c1-6(12)10(15)17-11(16)8-5-3-2-4-7(8)9(13)14/h2-5,12H,1H2,(H,13,14). The second kappa shape index (κ2) is 4.93. The summed E-state index contributed by atoms with van der Waals surface area (Å²) in [6.07, 6.45) is 0. The van der Waals surface area contributed by atoms with Gasteiger partial charge in [-0.25, -0.2) is 14.4 Å². The largest absolute Gasteiger partial charge is 0.502 e. The maximum atomic E-state index is 11.4. The van der Waals surface area contributed by atoms with Crippen molar-refractivity contribution >= 4 is 17.9 Å². The number of carbonyl (C=O) groups is 3. The lowest BCUT2D eigenvalue weighted by atomic mass is 10.1. The van der Waals surface area contributed by atoms with Crippen molar-refractivity contribution in [2.75, 3.05) is 0 Å². The lowest BCUT2D eigenvalue weighted by Crippen LogP contribution is -2.16. The van der Waals surface area contributed by atoms with Gasteiger partial charge in [-0.15, -0.1) is 0 Å². The zero-order valence-corrected chi connectivity index (χ0v) is 8.54. The third-order valence-corrected chi connectivity index (χ3v) is 1.80. The molecule has 0 aromatic heterocycles. The third kappa shape index (κ3) is 2.91. The van der Waals surface area contributed by atoms with Gasteiger partial charge in [-0.3, -0.25) is 0 Å². The van der Waals surface area contributed by atoms with Gasteiger partial charge in [-0.05, 0) is 18.7 Å². The zero-order chi connectivity index (χ0) is 13.0. The number of aromatic carboxylic acids is 1. The first kappa shape index (κ1) is 12.4. The molecule has 0 aliphatic carbocycles. The van der Waals surface area contributed by atoms with Crippen molar-refractivity contribution in [2.24, 2.45) is 0 Å². The molecule has 6 heteroatoms. The molecular weight excluding hydrogens is 228 g/mol. The average Bonchev–Trinajstić information content (AvgIpc) is 2.28. The number of rotatable bonds is 3. The van der Waals surface area contributed by atoms with Crippen molar-refractivity contribution in [1.29, 1.82) is 0 Å². The minimum atomic E-state index is -1.33. The van der Waals surface area contributed by atoms with E-state index >= 15 is 0 Å². The van der Waals surface area contributed by atoms with Crippen LogP contribution in [-0.2, 0) is 9.53 Å². The van der Waals surface area contributed by atoms with Gasteiger partial charge in [0, 0.05) is 0 Å². The molecular formula is C11H8O6. The maximum Gasteiger partial charge on any atom is 0.380 e. The maximum absolute atomic E-state index is 11.4. The molecule has 0 amide bonds. The van der Waals surface area contributed by atoms with E-state index in [2.05, 4.69) is 11.3 Å². The second-order valence-corrected chi connectivity index (χ2v) is 2.97. The molecule has 17 heavy (non-hydrogen) atoms. The van der Waals surface area contributed by atoms with Crippen LogP contribution in [-0.4, -0.2) is 28.1 Å². The summed E-state index contributed by atoms with van der Waals surface area (Å²) in [6.45, 7) is 2.87. The van der Waals surface area contributed by atoms with Crippen LogP contribution in [0.25, 0.3) is 0 Å². The number of esters is 2. The summed E-state index contributed by atoms with van der Waals surface area (Å²) in [6, 6.07) is 5.23. The van der Waals surface area contributed by atoms with Gasteiger partial charge in [0.1, 0.15) is 0 Å². The number of benzene rings is 1. The monoisotopic (exact) mass is 236 g/mol. The SMILES string of the molecule is C=C(O)C(=O)OC(=O)c1ccccc1C(=O)O. The Morgan fingerprint density at radius 3 is 2.06 bits per heavy atom. The van der Waals surface area contributed by atoms with Crippen LogP contribution in [0.2, 0.25) is 0 Å². The molecule has 1 aromatic rings. The highest BCUT2D eigenvalue weighted by Crippen LogP contribution is 2.11. The summed E-state index contributed by atoms with van der Waals surface area (Å²) in [4.78, 5) is 33.1. The van der Waals surface area contributed by atoms with Crippen LogP contribution in [0.5, 0.6) is 0 Å². The van der Waals surface area contributed by atoms with E-state index in [-0.39, 0.29) is 11.1 Å². The predicted octanol–water partition coefficient (Wildman–Crippen LogP) is 1.14. The summed E-state index contributed by atoms with van der Waals surface area (Å²) >= 11 is 0. The first-order valence-electron chi connectivity index (χ1n) is 4.40. The minimum Gasteiger partial charge on any atom is -0.502 e. The van der Waals surface area contributed by atoms with Crippen molar-refractivity contribution in [3.63, 3.8) is 0 Å². The van der Waals surface area contributed by atoms with E-state index in [4.69, 9.17) is 10.2 Å². The number of aliphatic hydroxyl groups excluding tert-OH is 1. The molecule has 1 aromatic carbocycles. The Morgan fingerprint density at radius 1 is 1.06 bits per heavy atom. The van der Waals surface area contributed by atoms with E-state index in [1.54, 1.807) is 0 Å². The fourth-order valence-electron chi connectivity index (χ4n) is 1.05. The van der Waals surface area contributed by atoms with Crippen molar-refractivity contribution in [3.05, 3.63) is 47.7 Å². The molecule has 1 rings (SSSR count). The highest BCUT2D eigenvalue weighted by atomic mass is 16.6. The zero-order valence-electron chi connectivity index (χ0n) is 8.54. The van der Waals surface area contributed by atoms with Crippen LogP contribution in [0.4, 0.5) is 0 Å². The summed E-state index contributed by atoms with van der Waals surface area (Å²) < 4.78 is 4.20. The molecule has 0 atom stereocenters. The van der Waals surface area contributed by atoms with E-state index in [0.717, 1.165) is 0 Å². The summed E-state index contributed by atoms with van der Waals surface area (Å²) in [7, 11) is 0. The fourth-order valence-corrected chi connectivity index (χ4v) is 1.05. The van der Waals surface area contributed by atoms with E-state index in [1.807, 2.05) is 0 Å². The summed E-state index contributed by atoms with van der Waals surface area (Å²) in [5, 5.41) is 17.5. The number of hydrogen-bond acceptors (Lipinski definition) is 5. The van der Waals surface area contributed by atoms with Crippen molar-refractivity contribution in [2.45, 2.75) is 0 Å². The molecule has 0 aliphatic heterocycles. The quantitative estimate of drug-likeness (QED) is 0.353. The molecule has 0 saturated carbocycles. The third-order valence-electron chi connectivity index (χ3n) is 1.80. The van der Waals surface area contributed by atoms with Crippen molar-refractivity contribution < 1.29 is 29.3 Å². The first-order chi connectivity index (χ1) is 7.93. The number of ether oxygens (including phenoxy) is 1. The van der Waals surface area contributed by atoms with Gasteiger partial charge < -0.3 is 14.9 Å². The highest BCUT2D eigenvalue weighted by Gasteiger charge is 2.20. The molecule has 0 aliphatic rings. The Labute approximate surface area is 95.8 Å². The van der Waals surface area contributed by atoms with Crippen LogP contribution >= 0.6 is 0 Å². The fraction of sp³-hybridized carbons (Fsp3) is 0. The van der Waals surface area contributed by atoms with Crippen LogP contribution in [0.3, 0.4) is 0 Å². The molecule has 0 spiro atoms. The van der Waals surface area contributed by atoms with Crippen molar-refractivity contribution in [3.8, 4) is 0 Å². The van der Waals surface area contributed by atoms with Gasteiger partial charge in [0.05, 0.1) is 11.1 Å². The number of carboxylic acid groups (broad SMARTS) is 1. The lowest BCUT2D eigenvalue weighted by molar-refractivity contribution is -0.136. The number of hydrogen-bond donors (Lipinski definition) is 2.